The first-order valence-electron chi connectivity index (χ1n) is 11.8. The average Bonchev–Trinajstić information content (AvgIpc) is 2.92. The molecule has 0 aliphatic heterocycles. The lowest BCUT2D eigenvalue weighted by Gasteiger charge is -2.15. The molecule has 39 heavy (non-hydrogen) atoms. The van der Waals surface area contributed by atoms with Crippen molar-refractivity contribution in [2.75, 3.05) is 12.8 Å². The third-order valence-corrected chi connectivity index (χ3v) is 6.68. The van der Waals surface area contributed by atoms with E-state index >= 15 is 0 Å². The molecule has 3 heterocycles. The van der Waals surface area contributed by atoms with Gasteiger partial charge in [-0.15, -0.1) is 0 Å². The van der Waals surface area contributed by atoms with E-state index in [0.29, 0.717) is 55.0 Å². The lowest BCUT2D eigenvalue weighted by Crippen LogP contribution is -2.13. The van der Waals surface area contributed by atoms with E-state index < -0.39 is 5.56 Å². The number of hydrogen-bond acceptors (Lipinski definition) is 7. The molecule has 0 aliphatic rings. The maximum atomic E-state index is 13.0. The lowest BCUT2D eigenvalue weighted by molar-refractivity contribution is 0.380. The zero-order chi connectivity index (χ0) is 27.1. The number of fused-ring (bicyclic) bond motifs is 2. The number of methoxy groups -OCH3 is 1. The molecule has 0 fully saturated rings. The van der Waals surface area contributed by atoms with Crippen LogP contribution in [0.5, 0.6) is 17.2 Å². The first kappa shape index (κ1) is 24.7. The first-order valence-corrected chi connectivity index (χ1v) is 12.5. The Morgan fingerprint density at radius 3 is 2.38 bits per heavy atom. The van der Waals surface area contributed by atoms with Gasteiger partial charge >= 0.3 is 0 Å². The Morgan fingerprint density at radius 1 is 0.821 bits per heavy atom. The number of rotatable bonds is 5. The van der Waals surface area contributed by atoms with Crippen LogP contribution in [0.4, 0.5) is 5.95 Å². The number of benzene rings is 3. The van der Waals surface area contributed by atoms with Gasteiger partial charge in [-0.05, 0) is 60.2 Å². The topological polar surface area (TPSA) is 116 Å². The van der Waals surface area contributed by atoms with Crippen molar-refractivity contribution in [1.82, 2.24) is 19.9 Å². The highest BCUT2D eigenvalue weighted by Crippen LogP contribution is 2.39. The summed E-state index contributed by atoms with van der Waals surface area (Å²) in [5, 5.41) is 2.29. The number of halogens is 2. The van der Waals surface area contributed by atoms with Gasteiger partial charge in [0.05, 0.1) is 23.7 Å². The Morgan fingerprint density at radius 2 is 1.59 bits per heavy atom. The molecule has 0 amide bonds. The fraction of sp³-hybridized carbons (Fsp3) is 0.0345. The number of pyridine rings is 2. The minimum atomic E-state index is -0.399. The van der Waals surface area contributed by atoms with E-state index in [9.17, 15) is 4.79 Å². The maximum absolute atomic E-state index is 13.0. The van der Waals surface area contributed by atoms with Crippen LogP contribution in [0.15, 0.2) is 83.8 Å². The summed E-state index contributed by atoms with van der Waals surface area (Å²) >= 11 is 12.2. The molecule has 0 unspecified atom stereocenters. The van der Waals surface area contributed by atoms with Crippen molar-refractivity contribution in [3.63, 3.8) is 0 Å². The highest BCUT2D eigenvalue weighted by atomic mass is 35.5. The van der Waals surface area contributed by atoms with Crippen LogP contribution in [0.1, 0.15) is 0 Å². The summed E-state index contributed by atoms with van der Waals surface area (Å²) in [6.07, 6.45) is 1.65. The second kappa shape index (κ2) is 9.90. The van der Waals surface area contributed by atoms with E-state index in [1.54, 1.807) is 55.8 Å². The number of nitrogens with two attached hydrogens (primary N) is 1. The zero-order valence-electron chi connectivity index (χ0n) is 20.4. The van der Waals surface area contributed by atoms with E-state index in [1.165, 1.54) is 0 Å². The SMILES string of the molecule is COc1cc(-c2cc(-c3ccc(Cl)cc3)nc3nc(N)[nH]c(=O)c23)ccc1Oc1ccnc2cc(Cl)ccc12. The number of nitrogen functional groups attached to an aromatic ring is 1. The fourth-order valence-corrected chi connectivity index (χ4v) is 4.67. The summed E-state index contributed by atoms with van der Waals surface area (Å²) in [5.41, 5.74) is 9.08. The Labute approximate surface area is 232 Å². The van der Waals surface area contributed by atoms with Crippen molar-refractivity contribution < 1.29 is 9.47 Å². The molecule has 0 spiro atoms. The first-order chi connectivity index (χ1) is 18.9. The van der Waals surface area contributed by atoms with Crippen LogP contribution >= 0.6 is 23.2 Å². The molecule has 8 nitrogen and oxygen atoms in total. The molecule has 3 aromatic heterocycles. The minimum absolute atomic E-state index is 0.0219. The largest absolute Gasteiger partial charge is 0.493 e. The number of nitrogens with one attached hydrogen (secondary N) is 1. The number of ether oxygens (including phenoxy) is 2. The predicted octanol–water partition coefficient (Wildman–Crippen LogP) is 6.89. The van der Waals surface area contributed by atoms with Gasteiger partial charge in [0, 0.05) is 32.8 Å². The van der Waals surface area contributed by atoms with Gasteiger partial charge in [0.25, 0.3) is 5.56 Å². The molecule has 0 radical (unpaired) electrons. The van der Waals surface area contributed by atoms with Crippen molar-refractivity contribution in [2.24, 2.45) is 0 Å². The number of H-pyrrole nitrogens is 1. The molecule has 6 rings (SSSR count). The van der Waals surface area contributed by atoms with Gasteiger partial charge in [0.1, 0.15) is 5.75 Å². The van der Waals surface area contributed by atoms with Crippen LogP contribution in [0.25, 0.3) is 44.3 Å². The molecule has 6 aromatic rings. The van der Waals surface area contributed by atoms with E-state index in [1.807, 2.05) is 30.3 Å². The molecule has 0 bridgehead atoms. The van der Waals surface area contributed by atoms with Crippen molar-refractivity contribution in [1.29, 1.82) is 0 Å². The number of anilines is 1. The van der Waals surface area contributed by atoms with E-state index in [4.69, 9.17) is 38.4 Å². The van der Waals surface area contributed by atoms with E-state index in [-0.39, 0.29) is 11.6 Å². The zero-order valence-corrected chi connectivity index (χ0v) is 21.9. The third-order valence-electron chi connectivity index (χ3n) is 6.19. The lowest BCUT2D eigenvalue weighted by atomic mass is 9.99. The van der Waals surface area contributed by atoms with Crippen LogP contribution < -0.4 is 20.8 Å². The summed E-state index contributed by atoms with van der Waals surface area (Å²) < 4.78 is 11.9. The Bertz CT molecular complexity index is 1940. The van der Waals surface area contributed by atoms with Gasteiger partial charge in [-0.2, -0.15) is 4.98 Å². The summed E-state index contributed by atoms with van der Waals surface area (Å²) in [6, 6.07) is 21.7. The van der Waals surface area contributed by atoms with Crippen molar-refractivity contribution in [3.05, 3.63) is 99.4 Å². The number of aromatic amines is 1. The van der Waals surface area contributed by atoms with Crippen LogP contribution in [-0.2, 0) is 0 Å². The van der Waals surface area contributed by atoms with Gasteiger partial charge < -0.3 is 15.2 Å². The fourth-order valence-electron chi connectivity index (χ4n) is 4.38. The summed E-state index contributed by atoms with van der Waals surface area (Å²) in [4.78, 5) is 28.8. The number of aromatic nitrogens is 4. The third kappa shape index (κ3) is 4.71. The van der Waals surface area contributed by atoms with Gasteiger partial charge in [-0.25, -0.2) is 4.98 Å². The summed E-state index contributed by atoms with van der Waals surface area (Å²) in [5.74, 6) is 1.52. The molecule has 0 atom stereocenters. The summed E-state index contributed by atoms with van der Waals surface area (Å²) in [7, 11) is 1.55. The number of hydrogen-bond donors (Lipinski definition) is 2. The molecular formula is C29H19Cl2N5O3. The molecule has 192 valence electrons. The van der Waals surface area contributed by atoms with Gasteiger partial charge in [0.15, 0.2) is 17.1 Å². The van der Waals surface area contributed by atoms with Crippen molar-refractivity contribution in [3.8, 4) is 39.6 Å². The molecular weight excluding hydrogens is 537 g/mol. The monoisotopic (exact) mass is 555 g/mol. The predicted molar refractivity (Wildman–Crippen MR) is 154 cm³/mol. The Kier molecular flexibility index (Phi) is 6.26. The molecule has 10 heteroatoms. The molecule has 0 aliphatic carbocycles. The standard InChI is InChI=1S/C29H19Cl2N5O3/c1-38-25-12-16(4-9-24(25)39-23-10-11-33-22-13-18(31)7-8-19(22)23)20-14-21(15-2-5-17(30)6-3-15)34-27-26(20)28(37)36-29(32)35-27/h2-14H,1H3,(H3,32,34,35,36,37). The molecule has 3 aromatic carbocycles. The van der Waals surface area contributed by atoms with Crippen LogP contribution in [0.3, 0.4) is 0 Å². The van der Waals surface area contributed by atoms with E-state index in [0.717, 1.165) is 10.9 Å². The smallest absolute Gasteiger partial charge is 0.262 e. The second-order valence-corrected chi connectivity index (χ2v) is 9.52. The minimum Gasteiger partial charge on any atom is -0.493 e. The van der Waals surface area contributed by atoms with Crippen LogP contribution in [-0.4, -0.2) is 27.0 Å². The van der Waals surface area contributed by atoms with Crippen LogP contribution in [0.2, 0.25) is 10.0 Å². The van der Waals surface area contributed by atoms with Gasteiger partial charge in [-0.1, -0.05) is 41.4 Å². The quantitative estimate of drug-likeness (QED) is 0.238. The number of nitrogens with zero attached hydrogens (tertiary/aromatic N) is 3. The molecule has 0 saturated carbocycles. The highest BCUT2D eigenvalue weighted by molar-refractivity contribution is 6.31. The average molecular weight is 556 g/mol. The summed E-state index contributed by atoms with van der Waals surface area (Å²) in [6.45, 7) is 0. The Hall–Kier alpha value is -4.66. The van der Waals surface area contributed by atoms with Gasteiger partial charge in [0.2, 0.25) is 5.95 Å². The normalized spacial score (nSPS) is 11.2. The second-order valence-electron chi connectivity index (χ2n) is 8.65. The molecule has 3 N–H and O–H groups in total. The maximum Gasteiger partial charge on any atom is 0.262 e. The van der Waals surface area contributed by atoms with Crippen molar-refractivity contribution in [2.45, 2.75) is 0 Å². The highest BCUT2D eigenvalue weighted by Gasteiger charge is 2.17. The van der Waals surface area contributed by atoms with E-state index in [2.05, 4.69) is 19.9 Å². The van der Waals surface area contributed by atoms with Gasteiger partial charge in [-0.3, -0.25) is 14.8 Å². The molecule has 0 saturated heterocycles. The van der Waals surface area contributed by atoms with Crippen LogP contribution in [0, 0.1) is 0 Å². The Balaban J connectivity index is 1.49. The van der Waals surface area contributed by atoms with Crippen molar-refractivity contribution >= 4 is 51.1 Å².